The number of hydrogen-bond donors (Lipinski definition) is 1. The van der Waals surface area contributed by atoms with Gasteiger partial charge in [-0.25, -0.2) is 4.98 Å². The van der Waals surface area contributed by atoms with Crippen LogP contribution in [0.2, 0.25) is 0 Å². The fourth-order valence-corrected chi connectivity index (χ4v) is 4.07. The van der Waals surface area contributed by atoms with Gasteiger partial charge in [-0.3, -0.25) is 14.6 Å². The number of rotatable bonds is 7. The number of morpholine rings is 1. The molecule has 0 bridgehead atoms. The molecule has 0 saturated carbocycles. The topological polar surface area (TPSA) is 65.9 Å². The van der Waals surface area contributed by atoms with Crippen LogP contribution in [0.5, 0.6) is 0 Å². The molecule has 1 aromatic heterocycles. The van der Waals surface area contributed by atoms with Crippen molar-refractivity contribution in [3.8, 4) is 10.6 Å². The number of thiazole rings is 1. The Balaban J connectivity index is 1.55. The van der Waals surface area contributed by atoms with Gasteiger partial charge in [0.15, 0.2) is 0 Å². The molecule has 0 amide bonds. The highest BCUT2D eigenvalue weighted by molar-refractivity contribution is 7.15. The minimum Gasteiger partial charge on any atom is -0.480 e. The first-order valence-corrected chi connectivity index (χ1v) is 9.57. The Bertz CT molecular complexity index is 732. The first kappa shape index (κ1) is 19.0. The molecule has 1 aliphatic heterocycles. The van der Waals surface area contributed by atoms with E-state index in [0.29, 0.717) is 13.2 Å². The zero-order chi connectivity index (χ0) is 18.5. The summed E-state index contributed by atoms with van der Waals surface area (Å²) in [6, 6.07) is 8.44. The van der Waals surface area contributed by atoms with Gasteiger partial charge in [-0.05, 0) is 14.0 Å². The molecule has 6 nitrogen and oxygen atoms in total. The fourth-order valence-electron chi connectivity index (χ4n) is 3.11. The monoisotopic (exact) mass is 375 g/mol. The van der Waals surface area contributed by atoms with E-state index in [1.165, 1.54) is 10.4 Å². The lowest BCUT2D eigenvalue weighted by Gasteiger charge is -2.34. The van der Waals surface area contributed by atoms with E-state index < -0.39 is 5.97 Å². The van der Waals surface area contributed by atoms with Crippen LogP contribution in [0.25, 0.3) is 10.6 Å². The van der Waals surface area contributed by atoms with Crippen molar-refractivity contribution in [2.24, 2.45) is 0 Å². The van der Waals surface area contributed by atoms with Crippen LogP contribution in [0.1, 0.15) is 10.4 Å². The van der Waals surface area contributed by atoms with Gasteiger partial charge < -0.3 is 9.84 Å². The summed E-state index contributed by atoms with van der Waals surface area (Å²) in [7, 11) is 1.81. The minimum atomic E-state index is -0.812. The van der Waals surface area contributed by atoms with Crippen molar-refractivity contribution in [3.63, 3.8) is 0 Å². The highest BCUT2D eigenvalue weighted by atomic mass is 32.1. The molecule has 1 aliphatic rings. The molecule has 7 heteroatoms. The number of benzene rings is 1. The van der Waals surface area contributed by atoms with E-state index >= 15 is 0 Å². The molecule has 0 radical (unpaired) electrons. The number of aryl methyl sites for hydroxylation is 1. The SMILES string of the molecule is Cc1ccc(-c2ncc(CN3CCOC(CN(C)CC(=O)O)C3)s2)cc1. The van der Waals surface area contributed by atoms with Crippen LogP contribution in [-0.4, -0.2) is 71.8 Å². The Morgan fingerprint density at radius 3 is 2.92 bits per heavy atom. The molecule has 0 aliphatic carbocycles. The highest BCUT2D eigenvalue weighted by Crippen LogP contribution is 2.26. The largest absolute Gasteiger partial charge is 0.480 e. The summed E-state index contributed by atoms with van der Waals surface area (Å²) in [5.41, 5.74) is 2.40. The molecular weight excluding hydrogens is 350 g/mol. The molecule has 26 heavy (non-hydrogen) atoms. The average Bonchev–Trinajstić information content (AvgIpc) is 3.03. The second kappa shape index (κ2) is 8.73. The number of aliphatic carboxylic acids is 1. The van der Waals surface area contributed by atoms with Crippen LogP contribution in [0, 0.1) is 6.92 Å². The molecule has 1 atom stereocenters. The molecule has 1 N–H and O–H groups in total. The van der Waals surface area contributed by atoms with Gasteiger partial charge in [-0.1, -0.05) is 29.8 Å². The van der Waals surface area contributed by atoms with Crippen molar-refractivity contribution < 1.29 is 14.6 Å². The van der Waals surface area contributed by atoms with Crippen LogP contribution in [-0.2, 0) is 16.1 Å². The predicted molar refractivity (Wildman–Crippen MR) is 102 cm³/mol. The van der Waals surface area contributed by atoms with Crippen LogP contribution >= 0.6 is 11.3 Å². The molecular formula is C19H25N3O3S. The van der Waals surface area contributed by atoms with Crippen LogP contribution in [0.3, 0.4) is 0 Å². The molecule has 140 valence electrons. The highest BCUT2D eigenvalue weighted by Gasteiger charge is 2.23. The van der Waals surface area contributed by atoms with Crippen LogP contribution < -0.4 is 0 Å². The Morgan fingerprint density at radius 2 is 2.19 bits per heavy atom. The van der Waals surface area contributed by atoms with E-state index in [0.717, 1.165) is 30.2 Å². The van der Waals surface area contributed by atoms with Crippen molar-refractivity contribution >= 4 is 17.3 Å². The first-order valence-electron chi connectivity index (χ1n) is 8.75. The van der Waals surface area contributed by atoms with Crippen molar-refractivity contribution in [2.45, 2.75) is 19.6 Å². The number of ether oxygens (including phenoxy) is 1. The van der Waals surface area contributed by atoms with Crippen molar-refractivity contribution in [2.75, 3.05) is 39.8 Å². The summed E-state index contributed by atoms with van der Waals surface area (Å²) >= 11 is 1.73. The smallest absolute Gasteiger partial charge is 0.317 e. The van der Waals surface area contributed by atoms with Gasteiger partial charge >= 0.3 is 5.97 Å². The number of likely N-dealkylation sites (N-methyl/N-ethyl adjacent to an activating group) is 1. The Hall–Kier alpha value is -1.80. The van der Waals surface area contributed by atoms with E-state index in [1.54, 1.807) is 16.2 Å². The van der Waals surface area contributed by atoms with Crippen LogP contribution in [0.4, 0.5) is 0 Å². The standard InChI is InChI=1S/C19H25N3O3S/c1-14-3-5-15(6-4-14)19-20-9-17(26-19)12-22-7-8-25-16(11-22)10-21(2)13-18(23)24/h3-6,9,16H,7-8,10-13H2,1-2H3,(H,23,24). The van der Waals surface area contributed by atoms with E-state index in [2.05, 4.69) is 41.1 Å². The average molecular weight is 375 g/mol. The van der Waals surface area contributed by atoms with E-state index in [9.17, 15) is 4.79 Å². The molecule has 1 saturated heterocycles. The maximum atomic E-state index is 10.8. The van der Waals surface area contributed by atoms with E-state index in [4.69, 9.17) is 9.84 Å². The maximum absolute atomic E-state index is 10.8. The van der Waals surface area contributed by atoms with Gasteiger partial charge in [0.2, 0.25) is 0 Å². The Labute approximate surface area is 158 Å². The van der Waals surface area contributed by atoms with Gasteiger partial charge in [0.05, 0.1) is 19.3 Å². The quantitative estimate of drug-likeness (QED) is 0.801. The number of carboxylic acids is 1. The molecule has 1 aromatic carbocycles. The molecule has 2 aromatic rings. The molecule has 0 spiro atoms. The lowest BCUT2D eigenvalue weighted by Crippen LogP contribution is -2.47. The van der Waals surface area contributed by atoms with Crippen LogP contribution in [0.15, 0.2) is 30.5 Å². The third kappa shape index (κ3) is 5.35. The second-order valence-electron chi connectivity index (χ2n) is 6.82. The zero-order valence-electron chi connectivity index (χ0n) is 15.2. The summed E-state index contributed by atoms with van der Waals surface area (Å²) in [5, 5.41) is 9.92. The number of hydrogen-bond acceptors (Lipinski definition) is 6. The molecule has 3 rings (SSSR count). The van der Waals surface area contributed by atoms with Crippen molar-refractivity contribution in [1.29, 1.82) is 0 Å². The van der Waals surface area contributed by atoms with Gasteiger partial charge in [0.1, 0.15) is 5.01 Å². The summed E-state index contributed by atoms with van der Waals surface area (Å²) < 4.78 is 5.80. The Morgan fingerprint density at radius 1 is 1.42 bits per heavy atom. The molecule has 1 fully saturated rings. The molecule has 1 unspecified atom stereocenters. The second-order valence-corrected chi connectivity index (χ2v) is 7.93. The summed E-state index contributed by atoms with van der Waals surface area (Å²) in [6.45, 7) is 5.97. The number of carboxylic acid groups (broad SMARTS) is 1. The summed E-state index contributed by atoms with van der Waals surface area (Å²) in [5.74, 6) is -0.812. The minimum absolute atomic E-state index is 0.0363. The predicted octanol–water partition coefficient (Wildman–Crippen LogP) is 2.34. The van der Waals surface area contributed by atoms with Gasteiger partial charge in [0, 0.05) is 42.8 Å². The van der Waals surface area contributed by atoms with E-state index in [-0.39, 0.29) is 12.6 Å². The molecule has 2 heterocycles. The first-order chi connectivity index (χ1) is 12.5. The fraction of sp³-hybridized carbons (Fsp3) is 0.474. The lowest BCUT2D eigenvalue weighted by molar-refractivity contribution is -0.138. The van der Waals surface area contributed by atoms with Gasteiger partial charge in [-0.15, -0.1) is 11.3 Å². The van der Waals surface area contributed by atoms with E-state index in [1.807, 2.05) is 13.2 Å². The summed E-state index contributed by atoms with van der Waals surface area (Å²) in [6.07, 6.45) is 2.00. The number of aromatic nitrogens is 1. The third-order valence-electron chi connectivity index (χ3n) is 4.37. The van der Waals surface area contributed by atoms with Gasteiger partial charge in [-0.2, -0.15) is 0 Å². The number of nitrogens with zero attached hydrogens (tertiary/aromatic N) is 3. The third-order valence-corrected chi connectivity index (χ3v) is 5.41. The Kier molecular flexibility index (Phi) is 6.37. The van der Waals surface area contributed by atoms with Crippen molar-refractivity contribution in [3.05, 3.63) is 40.9 Å². The maximum Gasteiger partial charge on any atom is 0.317 e. The lowest BCUT2D eigenvalue weighted by atomic mass is 10.2. The normalized spacial score (nSPS) is 18.3. The summed E-state index contributed by atoms with van der Waals surface area (Å²) in [4.78, 5) is 20.7. The number of carbonyl (C=O) groups is 1. The zero-order valence-corrected chi connectivity index (χ0v) is 16.0. The van der Waals surface area contributed by atoms with Crippen molar-refractivity contribution in [1.82, 2.24) is 14.8 Å². The van der Waals surface area contributed by atoms with Gasteiger partial charge in [0.25, 0.3) is 0 Å².